The summed E-state index contributed by atoms with van der Waals surface area (Å²) in [4.78, 5) is 24.7. The number of aromatic nitrogens is 5. The number of likely N-dealkylation sites (tertiary alicyclic amines) is 1. The summed E-state index contributed by atoms with van der Waals surface area (Å²) < 4.78 is 5.11. The number of carboxylic acid groups (broad SMARTS) is 1. The lowest BCUT2D eigenvalue weighted by atomic mass is 10.1. The maximum absolute atomic E-state index is 11.9. The van der Waals surface area contributed by atoms with Crippen LogP contribution in [0.5, 0.6) is 0 Å². The van der Waals surface area contributed by atoms with Gasteiger partial charge in [0.2, 0.25) is 0 Å². The first-order valence-corrected chi connectivity index (χ1v) is 6.14. The van der Waals surface area contributed by atoms with Crippen LogP contribution >= 0.6 is 11.5 Å². The largest absolute Gasteiger partial charge is 0.476 e. The second kappa shape index (κ2) is 4.39. The molecule has 98 valence electrons. The Balaban J connectivity index is 1.63. The average Bonchev–Trinajstić information content (AvgIpc) is 2.98. The molecule has 0 unspecified atom stereocenters. The highest BCUT2D eigenvalue weighted by atomic mass is 32.1. The second-order valence-electron chi connectivity index (χ2n) is 4.03. The van der Waals surface area contributed by atoms with E-state index in [0.29, 0.717) is 18.0 Å². The number of amides is 1. The third-order valence-corrected chi connectivity index (χ3v) is 3.48. The second-order valence-corrected chi connectivity index (χ2v) is 4.82. The number of hydrogen-bond donors (Lipinski definition) is 1. The topological polar surface area (TPSA) is 114 Å². The third-order valence-electron chi connectivity index (χ3n) is 2.83. The molecule has 10 heteroatoms. The van der Waals surface area contributed by atoms with Gasteiger partial charge >= 0.3 is 5.97 Å². The van der Waals surface area contributed by atoms with Crippen LogP contribution in [-0.4, -0.2) is 59.6 Å². The lowest BCUT2D eigenvalue weighted by molar-refractivity contribution is 0.0502. The molecule has 1 N–H and O–H groups in total. The van der Waals surface area contributed by atoms with Crippen LogP contribution in [0.25, 0.3) is 0 Å². The minimum Gasteiger partial charge on any atom is -0.476 e. The molecule has 0 saturated carbocycles. The van der Waals surface area contributed by atoms with E-state index in [1.807, 2.05) is 0 Å². The molecule has 19 heavy (non-hydrogen) atoms. The Labute approximate surface area is 110 Å². The molecule has 1 amide bonds. The Bertz CT molecular complexity index is 618. The number of nitrogens with zero attached hydrogens (tertiary/aromatic N) is 6. The lowest BCUT2D eigenvalue weighted by Crippen LogP contribution is -2.50. The molecule has 2 aromatic heterocycles. The minimum absolute atomic E-state index is 0.0366. The van der Waals surface area contributed by atoms with Crippen LogP contribution in [0.2, 0.25) is 0 Å². The Morgan fingerprint density at radius 1 is 1.42 bits per heavy atom. The minimum atomic E-state index is -1.12. The van der Waals surface area contributed by atoms with E-state index in [9.17, 15) is 9.59 Å². The van der Waals surface area contributed by atoms with Crippen molar-refractivity contribution in [3.8, 4) is 0 Å². The summed E-state index contributed by atoms with van der Waals surface area (Å²) in [6.07, 6.45) is 2.79. The smallest absolute Gasteiger partial charge is 0.358 e. The zero-order chi connectivity index (χ0) is 13.4. The fourth-order valence-electron chi connectivity index (χ4n) is 1.76. The van der Waals surface area contributed by atoms with Gasteiger partial charge in [-0.1, -0.05) is 9.70 Å². The Morgan fingerprint density at radius 2 is 2.21 bits per heavy atom. The SMILES string of the molecule is O=C(O)c1cn(C2CN(C(=O)c3cnns3)C2)nn1. The summed E-state index contributed by atoms with van der Waals surface area (Å²) in [5, 5.41) is 19.6. The van der Waals surface area contributed by atoms with Crippen LogP contribution in [0.3, 0.4) is 0 Å². The van der Waals surface area contributed by atoms with E-state index in [0.717, 1.165) is 11.5 Å². The molecule has 2 aromatic rings. The molecular weight excluding hydrogens is 272 g/mol. The van der Waals surface area contributed by atoms with E-state index in [4.69, 9.17) is 5.11 Å². The highest BCUT2D eigenvalue weighted by molar-refractivity contribution is 7.07. The maximum Gasteiger partial charge on any atom is 0.358 e. The van der Waals surface area contributed by atoms with Crippen LogP contribution in [0.15, 0.2) is 12.4 Å². The number of carboxylic acids is 1. The van der Waals surface area contributed by atoms with Gasteiger partial charge in [-0.25, -0.2) is 9.48 Å². The molecule has 0 aromatic carbocycles. The highest BCUT2D eigenvalue weighted by Crippen LogP contribution is 2.23. The van der Waals surface area contributed by atoms with Gasteiger partial charge < -0.3 is 10.0 Å². The number of carbonyl (C=O) groups is 2. The number of rotatable bonds is 3. The van der Waals surface area contributed by atoms with Crippen LogP contribution in [-0.2, 0) is 0 Å². The van der Waals surface area contributed by atoms with Gasteiger partial charge in [-0.3, -0.25) is 4.79 Å². The monoisotopic (exact) mass is 280 g/mol. The van der Waals surface area contributed by atoms with Crippen molar-refractivity contribution in [3.05, 3.63) is 23.0 Å². The first kappa shape index (κ1) is 11.7. The first-order chi connectivity index (χ1) is 9.15. The molecule has 1 aliphatic rings. The van der Waals surface area contributed by atoms with Crippen LogP contribution in [0.1, 0.15) is 26.2 Å². The van der Waals surface area contributed by atoms with E-state index in [-0.39, 0.29) is 17.6 Å². The Hall–Kier alpha value is -2.36. The molecule has 0 atom stereocenters. The van der Waals surface area contributed by atoms with Gasteiger partial charge in [0.25, 0.3) is 5.91 Å². The first-order valence-electron chi connectivity index (χ1n) is 5.37. The number of aromatic carboxylic acids is 1. The van der Waals surface area contributed by atoms with Crippen molar-refractivity contribution >= 4 is 23.4 Å². The summed E-state index contributed by atoms with van der Waals surface area (Å²) >= 11 is 1.05. The zero-order valence-corrected chi connectivity index (χ0v) is 10.3. The lowest BCUT2D eigenvalue weighted by Gasteiger charge is -2.38. The van der Waals surface area contributed by atoms with E-state index < -0.39 is 5.97 Å². The van der Waals surface area contributed by atoms with Crippen molar-refractivity contribution in [2.75, 3.05) is 13.1 Å². The van der Waals surface area contributed by atoms with Gasteiger partial charge in [0.15, 0.2) is 5.69 Å². The number of carbonyl (C=O) groups excluding carboxylic acids is 1. The van der Waals surface area contributed by atoms with E-state index >= 15 is 0 Å². The van der Waals surface area contributed by atoms with Crippen molar-refractivity contribution < 1.29 is 14.7 Å². The van der Waals surface area contributed by atoms with Crippen molar-refractivity contribution in [1.29, 1.82) is 0 Å². The molecule has 3 heterocycles. The van der Waals surface area contributed by atoms with E-state index in [1.54, 1.807) is 4.90 Å². The third kappa shape index (κ3) is 2.05. The normalized spacial score (nSPS) is 15.3. The Kier molecular flexibility index (Phi) is 2.71. The van der Waals surface area contributed by atoms with Crippen LogP contribution in [0, 0.1) is 0 Å². The zero-order valence-electron chi connectivity index (χ0n) is 9.50. The van der Waals surface area contributed by atoms with E-state index in [1.165, 1.54) is 17.1 Å². The highest BCUT2D eigenvalue weighted by Gasteiger charge is 2.34. The summed E-state index contributed by atoms with van der Waals surface area (Å²) in [6.45, 7) is 0.943. The van der Waals surface area contributed by atoms with Crippen molar-refractivity contribution in [1.82, 2.24) is 29.5 Å². The van der Waals surface area contributed by atoms with Gasteiger partial charge in [0.1, 0.15) is 4.88 Å². The van der Waals surface area contributed by atoms with Gasteiger partial charge in [-0.15, -0.1) is 10.2 Å². The van der Waals surface area contributed by atoms with Crippen molar-refractivity contribution in [2.24, 2.45) is 0 Å². The predicted octanol–water partition coefficient (Wildman–Crippen LogP) is -0.475. The molecule has 0 radical (unpaired) electrons. The molecule has 0 aliphatic carbocycles. The van der Waals surface area contributed by atoms with Crippen molar-refractivity contribution in [3.63, 3.8) is 0 Å². The molecule has 1 fully saturated rings. The molecule has 3 rings (SSSR count). The molecule has 9 nitrogen and oxygen atoms in total. The fourth-order valence-corrected chi connectivity index (χ4v) is 2.24. The molecule has 0 bridgehead atoms. The molecular formula is C9H8N6O3S. The predicted molar refractivity (Wildman–Crippen MR) is 61.8 cm³/mol. The van der Waals surface area contributed by atoms with Gasteiger partial charge in [0, 0.05) is 13.1 Å². The summed E-state index contributed by atoms with van der Waals surface area (Å²) in [5.41, 5.74) is -0.101. The maximum atomic E-state index is 11.9. The van der Waals surface area contributed by atoms with Crippen LogP contribution in [0.4, 0.5) is 0 Å². The van der Waals surface area contributed by atoms with Crippen LogP contribution < -0.4 is 0 Å². The standard InChI is InChI=1S/C9H8N6O3S/c16-8(7-1-10-13-19-7)14-2-5(3-14)15-4-6(9(17)18)11-12-15/h1,4-5H,2-3H2,(H,17,18). The quantitative estimate of drug-likeness (QED) is 0.807. The molecule has 1 saturated heterocycles. The van der Waals surface area contributed by atoms with Crippen molar-refractivity contribution in [2.45, 2.75) is 6.04 Å². The molecule has 1 aliphatic heterocycles. The number of hydrogen-bond acceptors (Lipinski definition) is 7. The van der Waals surface area contributed by atoms with Gasteiger partial charge in [-0.05, 0) is 11.5 Å². The molecule has 0 spiro atoms. The Morgan fingerprint density at radius 3 is 2.79 bits per heavy atom. The fraction of sp³-hybridized carbons (Fsp3) is 0.333. The van der Waals surface area contributed by atoms with E-state index in [2.05, 4.69) is 19.9 Å². The summed E-state index contributed by atoms with van der Waals surface area (Å²) in [5.74, 6) is -1.24. The average molecular weight is 280 g/mol. The summed E-state index contributed by atoms with van der Waals surface area (Å²) in [7, 11) is 0. The van der Waals surface area contributed by atoms with Gasteiger partial charge in [0.05, 0.1) is 18.4 Å². The summed E-state index contributed by atoms with van der Waals surface area (Å²) in [6, 6.07) is -0.0366. The van der Waals surface area contributed by atoms with Gasteiger partial charge in [-0.2, -0.15) is 0 Å².